The molecule has 1 aromatic carbocycles. The fourth-order valence-corrected chi connectivity index (χ4v) is 3.12. The van der Waals surface area contributed by atoms with Crippen molar-refractivity contribution >= 4 is 0 Å². The fourth-order valence-electron chi connectivity index (χ4n) is 3.12. The monoisotopic (exact) mass is 261 g/mol. The first-order valence-corrected chi connectivity index (χ1v) is 7.29. The Bertz CT molecular complexity index is 445. The number of aryl methyl sites for hydroxylation is 2. The van der Waals surface area contributed by atoms with Crippen LogP contribution in [0.1, 0.15) is 36.0 Å². The van der Waals surface area contributed by atoms with E-state index in [9.17, 15) is 5.11 Å². The molecule has 0 bridgehead atoms. The summed E-state index contributed by atoms with van der Waals surface area (Å²) in [4.78, 5) is 0. The summed E-state index contributed by atoms with van der Waals surface area (Å²) in [5.74, 6) is 1.21. The molecule has 1 saturated carbocycles. The van der Waals surface area contributed by atoms with Gasteiger partial charge in [0.15, 0.2) is 0 Å². The van der Waals surface area contributed by atoms with Crippen LogP contribution in [0.5, 0.6) is 5.75 Å². The summed E-state index contributed by atoms with van der Waals surface area (Å²) in [6, 6.07) is 4.64. The Balaban J connectivity index is 1.62. The second-order valence-electron chi connectivity index (χ2n) is 6.03. The minimum absolute atomic E-state index is 0.420. The second kappa shape index (κ2) is 5.14. The number of ether oxygens (including phenoxy) is 1. The van der Waals surface area contributed by atoms with E-state index >= 15 is 0 Å². The lowest BCUT2D eigenvalue weighted by Gasteiger charge is -2.20. The molecule has 2 fully saturated rings. The lowest BCUT2D eigenvalue weighted by atomic mass is 10.0. The maximum atomic E-state index is 9.79. The normalized spacial score (nSPS) is 26.8. The molecule has 1 aliphatic carbocycles. The van der Waals surface area contributed by atoms with Crippen LogP contribution in [0.25, 0.3) is 0 Å². The van der Waals surface area contributed by atoms with Crippen molar-refractivity contribution in [3.05, 3.63) is 28.8 Å². The molecule has 0 aromatic heterocycles. The molecule has 1 heterocycles. The molecule has 104 valence electrons. The number of benzene rings is 1. The van der Waals surface area contributed by atoms with E-state index in [1.165, 1.54) is 18.4 Å². The predicted molar refractivity (Wildman–Crippen MR) is 75.3 cm³/mol. The summed E-state index contributed by atoms with van der Waals surface area (Å²) < 4.78 is 5.84. The molecule has 3 rings (SSSR count). The van der Waals surface area contributed by atoms with Crippen LogP contribution in [-0.4, -0.2) is 23.9 Å². The molecule has 0 spiro atoms. The van der Waals surface area contributed by atoms with Gasteiger partial charge < -0.3 is 15.2 Å². The molecule has 3 nitrogen and oxygen atoms in total. The Morgan fingerprint density at radius 3 is 2.53 bits per heavy atom. The van der Waals surface area contributed by atoms with E-state index in [1.54, 1.807) is 0 Å². The van der Waals surface area contributed by atoms with Gasteiger partial charge in [-0.3, -0.25) is 0 Å². The SMILES string of the molecule is Cc1cc(CNC2CCOC2C2CC2)cc(C)c1O. The number of aromatic hydroxyl groups is 1. The van der Waals surface area contributed by atoms with Crippen LogP contribution in [0.15, 0.2) is 12.1 Å². The third-order valence-electron chi connectivity index (χ3n) is 4.34. The molecular weight excluding hydrogens is 238 g/mol. The Morgan fingerprint density at radius 1 is 1.21 bits per heavy atom. The molecule has 3 heteroatoms. The van der Waals surface area contributed by atoms with Crippen LogP contribution >= 0.6 is 0 Å². The largest absolute Gasteiger partial charge is 0.507 e. The third-order valence-corrected chi connectivity index (χ3v) is 4.34. The van der Waals surface area contributed by atoms with Crippen LogP contribution in [0.4, 0.5) is 0 Å². The first kappa shape index (κ1) is 12.9. The average molecular weight is 261 g/mol. The van der Waals surface area contributed by atoms with E-state index in [-0.39, 0.29) is 0 Å². The summed E-state index contributed by atoms with van der Waals surface area (Å²) >= 11 is 0. The van der Waals surface area contributed by atoms with Gasteiger partial charge >= 0.3 is 0 Å². The Morgan fingerprint density at radius 2 is 1.89 bits per heavy atom. The van der Waals surface area contributed by atoms with Gasteiger partial charge in [-0.15, -0.1) is 0 Å². The highest BCUT2D eigenvalue weighted by atomic mass is 16.5. The van der Waals surface area contributed by atoms with Gasteiger partial charge in [0.1, 0.15) is 5.75 Å². The van der Waals surface area contributed by atoms with Crippen molar-refractivity contribution in [1.29, 1.82) is 0 Å². The maximum Gasteiger partial charge on any atom is 0.121 e. The Hall–Kier alpha value is -1.06. The van der Waals surface area contributed by atoms with Crippen molar-refractivity contribution in [1.82, 2.24) is 5.32 Å². The minimum Gasteiger partial charge on any atom is -0.507 e. The highest BCUT2D eigenvalue weighted by Gasteiger charge is 2.40. The quantitative estimate of drug-likeness (QED) is 0.875. The molecular formula is C16H23NO2. The number of hydrogen-bond acceptors (Lipinski definition) is 3. The smallest absolute Gasteiger partial charge is 0.121 e. The van der Waals surface area contributed by atoms with Crippen molar-refractivity contribution in [3.63, 3.8) is 0 Å². The van der Waals surface area contributed by atoms with Crippen molar-refractivity contribution in [2.45, 2.75) is 51.8 Å². The lowest BCUT2D eigenvalue weighted by Crippen LogP contribution is -2.37. The van der Waals surface area contributed by atoms with Crippen molar-refractivity contribution in [2.24, 2.45) is 5.92 Å². The van der Waals surface area contributed by atoms with Gasteiger partial charge in [0.25, 0.3) is 0 Å². The molecule has 2 N–H and O–H groups in total. The van der Waals surface area contributed by atoms with Crippen LogP contribution in [0.2, 0.25) is 0 Å². The van der Waals surface area contributed by atoms with E-state index in [2.05, 4.69) is 17.4 Å². The number of rotatable bonds is 4. The van der Waals surface area contributed by atoms with E-state index in [0.717, 1.165) is 36.6 Å². The topological polar surface area (TPSA) is 41.5 Å². The van der Waals surface area contributed by atoms with E-state index < -0.39 is 0 Å². The maximum absolute atomic E-state index is 9.79. The first-order chi connectivity index (χ1) is 9.15. The van der Waals surface area contributed by atoms with E-state index in [4.69, 9.17) is 4.74 Å². The molecule has 0 amide bonds. The minimum atomic E-state index is 0.420. The number of hydrogen-bond donors (Lipinski definition) is 2. The van der Waals surface area contributed by atoms with Crippen molar-refractivity contribution < 1.29 is 9.84 Å². The Labute approximate surface area is 115 Å². The highest BCUT2D eigenvalue weighted by molar-refractivity contribution is 5.42. The zero-order valence-corrected chi connectivity index (χ0v) is 11.8. The third kappa shape index (κ3) is 2.77. The summed E-state index contributed by atoms with van der Waals surface area (Å²) in [7, 11) is 0. The highest BCUT2D eigenvalue weighted by Crippen LogP contribution is 2.38. The van der Waals surface area contributed by atoms with Crippen molar-refractivity contribution in [2.75, 3.05) is 6.61 Å². The van der Waals surface area contributed by atoms with Crippen LogP contribution < -0.4 is 5.32 Å². The predicted octanol–water partition coefficient (Wildman–Crippen LogP) is 2.67. The molecule has 19 heavy (non-hydrogen) atoms. The summed E-state index contributed by atoms with van der Waals surface area (Å²) in [5, 5.41) is 13.4. The molecule has 1 aliphatic heterocycles. The molecule has 1 aromatic rings. The molecule has 2 atom stereocenters. The lowest BCUT2D eigenvalue weighted by molar-refractivity contribution is 0.0809. The van der Waals surface area contributed by atoms with E-state index in [0.29, 0.717) is 17.9 Å². The standard InChI is InChI=1S/C16H23NO2/c1-10-7-12(8-11(2)15(10)18)9-17-14-5-6-19-16(14)13-3-4-13/h7-8,13-14,16-18H,3-6,9H2,1-2H3. The molecule has 2 aliphatic rings. The number of phenols is 1. The number of nitrogens with one attached hydrogen (secondary N) is 1. The summed E-state index contributed by atoms with van der Waals surface area (Å²) in [6.45, 7) is 5.67. The summed E-state index contributed by atoms with van der Waals surface area (Å²) in [6.07, 6.45) is 4.22. The van der Waals surface area contributed by atoms with Crippen LogP contribution in [0, 0.1) is 19.8 Å². The molecule has 0 radical (unpaired) electrons. The van der Waals surface area contributed by atoms with Crippen molar-refractivity contribution in [3.8, 4) is 5.75 Å². The van der Waals surface area contributed by atoms with Gasteiger partial charge in [0.05, 0.1) is 6.10 Å². The first-order valence-electron chi connectivity index (χ1n) is 7.29. The summed E-state index contributed by atoms with van der Waals surface area (Å²) in [5.41, 5.74) is 3.16. The van der Waals surface area contributed by atoms with E-state index in [1.807, 2.05) is 13.8 Å². The fraction of sp³-hybridized carbons (Fsp3) is 0.625. The van der Waals surface area contributed by atoms with Gasteiger partial charge in [0.2, 0.25) is 0 Å². The van der Waals surface area contributed by atoms with Gasteiger partial charge in [-0.1, -0.05) is 12.1 Å². The van der Waals surface area contributed by atoms with Gasteiger partial charge in [0, 0.05) is 19.2 Å². The van der Waals surface area contributed by atoms with Gasteiger partial charge in [-0.05, 0) is 55.7 Å². The average Bonchev–Trinajstić information content (AvgIpc) is 3.12. The second-order valence-corrected chi connectivity index (χ2v) is 6.03. The molecule has 1 saturated heterocycles. The number of phenolic OH excluding ortho intramolecular Hbond substituents is 1. The molecule has 2 unspecified atom stereocenters. The van der Waals surface area contributed by atoms with Gasteiger partial charge in [-0.2, -0.15) is 0 Å². The zero-order chi connectivity index (χ0) is 13.4. The zero-order valence-electron chi connectivity index (χ0n) is 11.8. The van der Waals surface area contributed by atoms with Crippen LogP contribution in [0.3, 0.4) is 0 Å². The van der Waals surface area contributed by atoms with Crippen LogP contribution in [-0.2, 0) is 11.3 Å². The van der Waals surface area contributed by atoms with Gasteiger partial charge in [-0.25, -0.2) is 0 Å². The Kier molecular flexibility index (Phi) is 3.50.